The van der Waals surface area contributed by atoms with Gasteiger partial charge in [-0.05, 0) is 37.2 Å². The maximum absolute atomic E-state index is 10.8. The second-order valence-electron chi connectivity index (χ2n) is 6.30. The summed E-state index contributed by atoms with van der Waals surface area (Å²) in [6, 6.07) is 10.6. The first-order valence-corrected chi connectivity index (χ1v) is 6.96. The first-order valence-electron chi connectivity index (χ1n) is 6.96. The molecule has 3 N–H and O–H groups in total. The van der Waals surface area contributed by atoms with Gasteiger partial charge in [-0.25, -0.2) is 0 Å². The van der Waals surface area contributed by atoms with E-state index in [4.69, 9.17) is 5.73 Å². The Morgan fingerprint density at radius 1 is 1.22 bits per heavy atom. The van der Waals surface area contributed by atoms with Gasteiger partial charge in [0.2, 0.25) is 0 Å². The van der Waals surface area contributed by atoms with Gasteiger partial charge in [0.1, 0.15) is 0 Å². The van der Waals surface area contributed by atoms with E-state index in [9.17, 15) is 5.11 Å². The fourth-order valence-electron chi connectivity index (χ4n) is 3.02. The van der Waals surface area contributed by atoms with Gasteiger partial charge in [-0.1, -0.05) is 44.2 Å². The molecule has 0 amide bonds. The van der Waals surface area contributed by atoms with Crippen LogP contribution in [-0.4, -0.2) is 17.3 Å². The highest BCUT2D eigenvalue weighted by atomic mass is 16.3. The van der Waals surface area contributed by atoms with Gasteiger partial charge < -0.3 is 10.8 Å². The van der Waals surface area contributed by atoms with E-state index < -0.39 is 5.60 Å². The van der Waals surface area contributed by atoms with Crippen molar-refractivity contribution in [1.29, 1.82) is 0 Å². The molecular weight excluding hydrogens is 222 g/mol. The number of benzene rings is 1. The summed E-state index contributed by atoms with van der Waals surface area (Å²) in [5, 5.41) is 10.8. The van der Waals surface area contributed by atoms with Crippen LogP contribution in [0.25, 0.3) is 0 Å². The van der Waals surface area contributed by atoms with E-state index in [-0.39, 0.29) is 5.41 Å². The van der Waals surface area contributed by atoms with E-state index in [0.29, 0.717) is 12.5 Å². The van der Waals surface area contributed by atoms with Gasteiger partial charge in [0.15, 0.2) is 0 Å². The molecule has 0 spiro atoms. The largest absolute Gasteiger partial charge is 0.389 e. The van der Waals surface area contributed by atoms with Gasteiger partial charge in [0, 0.05) is 12.0 Å². The number of aliphatic hydroxyl groups is 1. The Kier molecular flexibility index (Phi) is 3.79. The molecule has 0 atom stereocenters. The Morgan fingerprint density at radius 2 is 1.78 bits per heavy atom. The van der Waals surface area contributed by atoms with Crippen molar-refractivity contribution < 1.29 is 5.11 Å². The predicted octanol–water partition coefficient (Wildman–Crippen LogP) is 3.06. The molecule has 0 unspecified atom stereocenters. The summed E-state index contributed by atoms with van der Waals surface area (Å²) in [5.41, 5.74) is 6.44. The lowest BCUT2D eigenvalue weighted by atomic mass is 9.64. The normalized spacial score (nSPS) is 29.2. The fourth-order valence-corrected chi connectivity index (χ4v) is 3.02. The first kappa shape index (κ1) is 13.6. The highest BCUT2D eigenvalue weighted by Crippen LogP contribution is 2.45. The summed E-state index contributed by atoms with van der Waals surface area (Å²) < 4.78 is 0. The van der Waals surface area contributed by atoms with Gasteiger partial charge in [-0.3, -0.25) is 0 Å². The molecule has 0 radical (unpaired) electrons. The number of hydrogen-bond donors (Lipinski definition) is 2. The van der Waals surface area contributed by atoms with Crippen LogP contribution in [0, 0.1) is 5.41 Å². The monoisotopic (exact) mass is 247 g/mol. The van der Waals surface area contributed by atoms with Gasteiger partial charge in [0.05, 0.1) is 5.60 Å². The third kappa shape index (κ3) is 2.45. The molecule has 18 heavy (non-hydrogen) atoms. The summed E-state index contributed by atoms with van der Waals surface area (Å²) in [5.74, 6) is 0.597. The van der Waals surface area contributed by atoms with Crippen molar-refractivity contribution in [3.05, 3.63) is 35.9 Å². The summed E-state index contributed by atoms with van der Waals surface area (Å²) in [6.45, 7) is 4.70. The van der Waals surface area contributed by atoms with Crippen LogP contribution in [0.5, 0.6) is 0 Å². The molecule has 0 heterocycles. The lowest BCUT2D eigenvalue weighted by Gasteiger charge is -2.46. The van der Waals surface area contributed by atoms with Crippen LogP contribution in [0.15, 0.2) is 30.3 Å². The maximum atomic E-state index is 10.8. The standard InChI is InChI=1S/C16H25NO/c1-15(2,12-17)16(18)10-8-14(9-11-16)13-6-4-3-5-7-13/h3-7,14,18H,8-12,17H2,1-2H3. The molecule has 1 aliphatic rings. The van der Waals surface area contributed by atoms with Crippen molar-refractivity contribution in [3.63, 3.8) is 0 Å². The summed E-state index contributed by atoms with van der Waals surface area (Å²) in [7, 11) is 0. The zero-order valence-electron chi connectivity index (χ0n) is 11.5. The zero-order valence-corrected chi connectivity index (χ0v) is 11.5. The maximum Gasteiger partial charge on any atom is 0.0710 e. The SMILES string of the molecule is CC(C)(CN)C1(O)CCC(c2ccccc2)CC1. The molecule has 0 aromatic heterocycles. The Morgan fingerprint density at radius 3 is 2.28 bits per heavy atom. The Bertz CT molecular complexity index is 377. The van der Waals surface area contributed by atoms with Gasteiger partial charge >= 0.3 is 0 Å². The summed E-state index contributed by atoms with van der Waals surface area (Å²) >= 11 is 0. The third-order valence-electron chi connectivity index (χ3n) is 4.85. The molecule has 1 fully saturated rings. The van der Waals surface area contributed by atoms with Crippen LogP contribution in [-0.2, 0) is 0 Å². The summed E-state index contributed by atoms with van der Waals surface area (Å²) in [4.78, 5) is 0. The molecule has 2 heteroatoms. The average Bonchev–Trinajstić information content (AvgIpc) is 2.40. The molecule has 2 rings (SSSR count). The van der Waals surface area contributed by atoms with Crippen molar-refractivity contribution >= 4 is 0 Å². The lowest BCUT2D eigenvalue weighted by Crippen LogP contribution is -2.50. The second kappa shape index (κ2) is 5.02. The third-order valence-corrected chi connectivity index (χ3v) is 4.85. The van der Waals surface area contributed by atoms with E-state index in [2.05, 4.69) is 44.2 Å². The minimum atomic E-state index is -0.590. The van der Waals surface area contributed by atoms with Crippen LogP contribution in [0.1, 0.15) is 51.0 Å². The van der Waals surface area contributed by atoms with Gasteiger partial charge in [-0.2, -0.15) is 0 Å². The van der Waals surface area contributed by atoms with E-state index in [1.807, 2.05) is 0 Å². The average molecular weight is 247 g/mol. The fraction of sp³-hybridized carbons (Fsp3) is 0.625. The smallest absolute Gasteiger partial charge is 0.0710 e. The molecule has 1 aliphatic carbocycles. The number of hydrogen-bond acceptors (Lipinski definition) is 2. The van der Waals surface area contributed by atoms with Crippen molar-refractivity contribution in [2.45, 2.75) is 51.0 Å². The van der Waals surface area contributed by atoms with E-state index in [1.165, 1.54) is 5.56 Å². The van der Waals surface area contributed by atoms with Crippen LogP contribution in [0.2, 0.25) is 0 Å². The van der Waals surface area contributed by atoms with Crippen molar-refractivity contribution in [2.24, 2.45) is 11.1 Å². The molecule has 0 saturated heterocycles. The Labute approximate surface area is 110 Å². The first-order chi connectivity index (χ1) is 8.48. The number of nitrogens with two attached hydrogens (primary N) is 1. The van der Waals surface area contributed by atoms with Crippen molar-refractivity contribution in [3.8, 4) is 0 Å². The van der Waals surface area contributed by atoms with Crippen LogP contribution in [0.4, 0.5) is 0 Å². The Balaban J connectivity index is 2.04. The second-order valence-corrected chi connectivity index (χ2v) is 6.30. The Hall–Kier alpha value is -0.860. The predicted molar refractivity (Wildman–Crippen MR) is 75.4 cm³/mol. The molecule has 1 saturated carbocycles. The van der Waals surface area contributed by atoms with Crippen LogP contribution in [0.3, 0.4) is 0 Å². The van der Waals surface area contributed by atoms with E-state index >= 15 is 0 Å². The minimum Gasteiger partial charge on any atom is -0.389 e. The lowest BCUT2D eigenvalue weighted by molar-refractivity contribution is -0.0916. The zero-order chi connectivity index (χ0) is 13.2. The molecule has 1 aromatic rings. The van der Waals surface area contributed by atoms with Crippen molar-refractivity contribution in [1.82, 2.24) is 0 Å². The van der Waals surface area contributed by atoms with Gasteiger partial charge in [0.25, 0.3) is 0 Å². The minimum absolute atomic E-state index is 0.186. The molecular formula is C16H25NO. The number of rotatable bonds is 3. The van der Waals surface area contributed by atoms with Crippen molar-refractivity contribution in [2.75, 3.05) is 6.54 Å². The summed E-state index contributed by atoms with van der Waals surface area (Å²) in [6.07, 6.45) is 3.83. The van der Waals surface area contributed by atoms with Crippen LogP contribution < -0.4 is 5.73 Å². The topological polar surface area (TPSA) is 46.2 Å². The molecule has 0 aliphatic heterocycles. The quantitative estimate of drug-likeness (QED) is 0.862. The molecule has 1 aromatic carbocycles. The van der Waals surface area contributed by atoms with Gasteiger partial charge in [-0.15, -0.1) is 0 Å². The molecule has 0 bridgehead atoms. The van der Waals surface area contributed by atoms with E-state index in [0.717, 1.165) is 25.7 Å². The highest BCUT2D eigenvalue weighted by Gasteiger charge is 2.44. The highest BCUT2D eigenvalue weighted by molar-refractivity contribution is 5.20. The van der Waals surface area contributed by atoms with E-state index in [1.54, 1.807) is 0 Å². The molecule has 2 nitrogen and oxygen atoms in total. The molecule has 100 valence electrons. The van der Waals surface area contributed by atoms with Crippen LogP contribution >= 0.6 is 0 Å².